The van der Waals surface area contributed by atoms with Crippen molar-refractivity contribution in [3.63, 3.8) is 0 Å². The minimum atomic E-state index is -0.635. The van der Waals surface area contributed by atoms with E-state index < -0.39 is 11.9 Å². The summed E-state index contributed by atoms with van der Waals surface area (Å²) in [6, 6.07) is 14.4. The number of ether oxygens (including phenoxy) is 3. The van der Waals surface area contributed by atoms with Gasteiger partial charge >= 0.3 is 5.97 Å². The molecule has 2 atom stereocenters. The number of phenolic OH excluding ortho intramolecular Hbond substituents is 1. The molecule has 4 rings (SSSR count). The summed E-state index contributed by atoms with van der Waals surface area (Å²) >= 11 is 0. The monoisotopic (exact) mass is 463 g/mol. The summed E-state index contributed by atoms with van der Waals surface area (Å²) in [6.45, 7) is 2.19. The van der Waals surface area contributed by atoms with Crippen molar-refractivity contribution in [1.29, 1.82) is 0 Å². The first-order chi connectivity index (χ1) is 16.4. The first-order valence-corrected chi connectivity index (χ1v) is 11.3. The maximum Gasteiger partial charge on any atom is 0.336 e. The first-order valence-electron chi connectivity index (χ1n) is 11.3. The SMILES string of the molecule is COCCOC(=O)C1=C(C)NC2=C(C(=O)C[C@H](c3ccccc3OC)C2)[C@H]1c1cccc(O)c1. The number of para-hydroxylation sites is 1. The number of carbonyl (C=O) groups excluding carboxylic acids is 2. The van der Waals surface area contributed by atoms with E-state index >= 15 is 0 Å². The smallest absolute Gasteiger partial charge is 0.336 e. The van der Waals surface area contributed by atoms with Crippen molar-refractivity contribution in [2.45, 2.75) is 31.6 Å². The van der Waals surface area contributed by atoms with Gasteiger partial charge in [-0.1, -0.05) is 30.3 Å². The summed E-state index contributed by atoms with van der Waals surface area (Å²) < 4.78 is 16.0. The predicted octanol–water partition coefficient (Wildman–Crippen LogP) is 3.95. The lowest BCUT2D eigenvalue weighted by atomic mass is 9.71. The Balaban J connectivity index is 1.76. The fourth-order valence-corrected chi connectivity index (χ4v) is 4.87. The molecule has 0 bridgehead atoms. The Kier molecular flexibility index (Phi) is 7.03. The van der Waals surface area contributed by atoms with Gasteiger partial charge in [-0.15, -0.1) is 0 Å². The zero-order chi connectivity index (χ0) is 24.2. The van der Waals surface area contributed by atoms with Crippen molar-refractivity contribution in [2.75, 3.05) is 27.4 Å². The van der Waals surface area contributed by atoms with Crippen molar-refractivity contribution in [3.8, 4) is 11.5 Å². The Morgan fingerprint density at radius 1 is 1.09 bits per heavy atom. The number of benzene rings is 2. The van der Waals surface area contributed by atoms with Gasteiger partial charge in [0.25, 0.3) is 0 Å². The quantitative estimate of drug-likeness (QED) is 0.474. The van der Waals surface area contributed by atoms with Gasteiger partial charge in [0.1, 0.15) is 18.1 Å². The number of phenols is 1. The maximum atomic E-state index is 13.6. The largest absolute Gasteiger partial charge is 0.508 e. The van der Waals surface area contributed by atoms with Gasteiger partial charge in [0, 0.05) is 42.3 Å². The molecule has 0 saturated carbocycles. The standard InChI is InChI=1S/C27H29NO6/c1-16-24(27(31)34-12-11-32-2)25(17-7-6-8-19(29)13-17)26-21(28-16)14-18(15-22(26)30)20-9-4-5-10-23(20)33-3/h4-10,13,18,25,28-29H,11-12,14-15H2,1-3H3/t18-,25+/m1/s1. The lowest BCUT2D eigenvalue weighted by molar-refractivity contribution is -0.140. The van der Waals surface area contributed by atoms with Gasteiger partial charge in [0.2, 0.25) is 0 Å². The molecule has 2 aliphatic rings. The summed E-state index contributed by atoms with van der Waals surface area (Å²) in [5.41, 5.74) is 3.96. The molecule has 2 aromatic rings. The van der Waals surface area contributed by atoms with Crippen molar-refractivity contribution < 1.29 is 28.9 Å². The minimum Gasteiger partial charge on any atom is -0.508 e. The van der Waals surface area contributed by atoms with Gasteiger partial charge in [0.15, 0.2) is 5.78 Å². The molecule has 34 heavy (non-hydrogen) atoms. The molecule has 0 aromatic heterocycles. The zero-order valence-corrected chi connectivity index (χ0v) is 19.6. The second-order valence-electron chi connectivity index (χ2n) is 8.48. The average molecular weight is 464 g/mol. The third-order valence-corrected chi connectivity index (χ3v) is 6.35. The molecule has 0 spiro atoms. The molecule has 1 heterocycles. The zero-order valence-electron chi connectivity index (χ0n) is 19.6. The summed E-state index contributed by atoms with van der Waals surface area (Å²) in [4.78, 5) is 26.7. The molecule has 178 valence electrons. The lowest BCUT2D eigenvalue weighted by Crippen LogP contribution is -2.36. The van der Waals surface area contributed by atoms with Crippen LogP contribution in [0.5, 0.6) is 11.5 Å². The van der Waals surface area contributed by atoms with Crippen LogP contribution in [0, 0.1) is 0 Å². The molecule has 7 heteroatoms. The molecule has 0 radical (unpaired) electrons. The number of hydrogen-bond acceptors (Lipinski definition) is 7. The first kappa shape index (κ1) is 23.6. The highest BCUT2D eigenvalue weighted by Gasteiger charge is 2.41. The normalized spacial score (nSPS) is 20.0. The number of esters is 1. The van der Waals surface area contributed by atoms with Crippen LogP contribution in [0.4, 0.5) is 0 Å². The molecule has 0 amide bonds. The van der Waals surface area contributed by atoms with Gasteiger partial charge in [-0.3, -0.25) is 4.79 Å². The van der Waals surface area contributed by atoms with Crippen molar-refractivity contribution in [1.82, 2.24) is 5.32 Å². The van der Waals surface area contributed by atoms with Gasteiger partial charge in [-0.2, -0.15) is 0 Å². The van der Waals surface area contributed by atoms with Crippen LogP contribution in [-0.2, 0) is 19.1 Å². The van der Waals surface area contributed by atoms with E-state index in [2.05, 4.69) is 5.32 Å². The third-order valence-electron chi connectivity index (χ3n) is 6.35. The molecular formula is C27H29NO6. The number of ketones is 1. The summed E-state index contributed by atoms with van der Waals surface area (Å²) in [5, 5.41) is 13.5. The van der Waals surface area contributed by atoms with E-state index in [-0.39, 0.29) is 30.7 Å². The fraction of sp³-hybridized carbons (Fsp3) is 0.333. The van der Waals surface area contributed by atoms with Crippen molar-refractivity contribution in [3.05, 3.63) is 82.2 Å². The van der Waals surface area contributed by atoms with Crippen LogP contribution in [0.2, 0.25) is 0 Å². The molecule has 2 aromatic carbocycles. The van der Waals surface area contributed by atoms with E-state index in [4.69, 9.17) is 14.2 Å². The van der Waals surface area contributed by atoms with E-state index in [1.165, 1.54) is 7.11 Å². The van der Waals surface area contributed by atoms with Crippen LogP contribution in [0.3, 0.4) is 0 Å². The van der Waals surface area contributed by atoms with Gasteiger partial charge in [-0.25, -0.2) is 4.79 Å². The summed E-state index contributed by atoms with van der Waals surface area (Å²) in [6.07, 6.45) is 0.890. The Morgan fingerprint density at radius 2 is 1.88 bits per heavy atom. The van der Waals surface area contributed by atoms with Crippen LogP contribution < -0.4 is 10.1 Å². The minimum absolute atomic E-state index is 0.0484. The van der Waals surface area contributed by atoms with Gasteiger partial charge in [0.05, 0.1) is 19.3 Å². The molecule has 2 N–H and O–H groups in total. The van der Waals surface area contributed by atoms with Crippen LogP contribution in [-0.4, -0.2) is 44.3 Å². The Hall–Kier alpha value is -3.58. The van der Waals surface area contributed by atoms with Gasteiger partial charge < -0.3 is 24.6 Å². The highest BCUT2D eigenvalue weighted by atomic mass is 16.6. The topological polar surface area (TPSA) is 94.1 Å². The highest BCUT2D eigenvalue weighted by Crippen LogP contribution is 2.47. The van der Waals surface area contributed by atoms with E-state index in [0.29, 0.717) is 35.2 Å². The van der Waals surface area contributed by atoms with Crippen LogP contribution in [0.15, 0.2) is 71.1 Å². The average Bonchev–Trinajstić information content (AvgIpc) is 2.83. The third kappa shape index (κ3) is 4.56. The lowest BCUT2D eigenvalue weighted by Gasteiger charge is -2.37. The molecule has 0 fully saturated rings. The number of methoxy groups -OCH3 is 2. The van der Waals surface area contributed by atoms with Crippen LogP contribution >= 0.6 is 0 Å². The van der Waals surface area contributed by atoms with E-state index in [1.54, 1.807) is 25.3 Å². The predicted molar refractivity (Wildman–Crippen MR) is 127 cm³/mol. The molecule has 1 aliphatic carbocycles. The maximum absolute atomic E-state index is 13.6. The molecule has 1 aliphatic heterocycles. The number of nitrogens with one attached hydrogen (secondary N) is 1. The Morgan fingerprint density at radius 3 is 2.62 bits per heavy atom. The van der Waals surface area contributed by atoms with Crippen molar-refractivity contribution in [2.24, 2.45) is 0 Å². The molecule has 7 nitrogen and oxygen atoms in total. The number of hydrogen-bond donors (Lipinski definition) is 2. The number of dihydropyridines is 1. The van der Waals surface area contributed by atoms with Crippen LogP contribution in [0.1, 0.15) is 42.7 Å². The van der Waals surface area contributed by atoms with E-state index in [1.807, 2.05) is 37.3 Å². The number of carbonyl (C=O) groups is 2. The number of allylic oxidation sites excluding steroid dienone is 3. The molecule has 0 unspecified atom stereocenters. The highest BCUT2D eigenvalue weighted by molar-refractivity contribution is 6.04. The Bertz CT molecular complexity index is 1170. The van der Waals surface area contributed by atoms with Crippen molar-refractivity contribution >= 4 is 11.8 Å². The van der Waals surface area contributed by atoms with Gasteiger partial charge in [-0.05, 0) is 42.7 Å². The fourth-order valence-electron chi connectivity index (χ4n) is 4.87. The molecular weight excluding hydrogens is 434 g/mol. The van der Waals surface area contributed by atoms with Crippen LogP contribution in [0.25, 0.3) is 0 Å². The number of aromatic hydroxyl groups is 1. The van der Waals surface area contributed by atoms with E-state index in [9.17, 15) is 14.7 Å². The molecule has 0 saturated heterocycles. The number of rotatable bonds is 7. The second-order valence-corrected chi connectivity index (χ2v) is 8.48. The summed E-state index contributed by atoms with van der Waals surface area (Å²) in [7, 11) is 3.16. The van der Waals surface area contributed by atoms with E-state index in [0.717, 1.165) is 17.0 Å². The Labute approximate surface area is 199 Å². The number of Topliss-reactive ketones (excluding diaryl/α,β-unsaturated/α-hetero) is 1. The summed E-state index contributed by atoms with van der Waals surface area (Å²) in [5.74, 6) is -0.431. The second kappa shape index (κ2) is 10.1.